The number of furan rings is 1. The number of nitrogens with zero attached hydrogens (tertiary/aromatic N) is 7. The van der Waals surface area contributed by atoms with Crippen LogP contribution < -0.4 is 0 Å². The minimum absolute atomic E-state index is 0.962. The van der Waals surface area contributed by atoms with Gasteiger partial charge in [0, 0.05) is 107 Å². The lowest BCUT2D eigenvalue weighted by Gasteiger charge is -2.06. The molecular weight excluding hydrogens is 1240 g/mol. The van der Waals surface area contributed by atoms with Crippen molar-refractivity contribution in [2.45, 2.75) is 12.8 Å². The van der Waals surface area contributed by atoms with Gasteiger partial charge in [0.25, 0.3) is 0 Å². The summed E-state index contributed by atoms with van der Waals surface area (Å²) in [5.74, 6) is 0. The van der Waals surface area contributed by atoms with Crippen LogP contribution in [0.5, 0.6) is 0 Å². The van der Waals surface area contributed by atoms with E-state index in [-0.39, 0.29) is 0 Å². The number of fused-ring (bicyclic) bond motifs is 15. The third-order valence-electron chi connectivity index (χ3n) is 15.9. The van der Waals surface area contributed by atoms with Crippen LogP contribution in [0.3, 0.4) is 0 Å². The summed E-state index contributed by atoms with van der Waals surface area (Å²) in [6.07, 6.45) is 24.1. The van der Waals surface area contributed by atoms with Gasteiger partial charge in [-0.25, -0.2) is 9.97 Å². The molecule has 2 aliphatic rings. The average Bonchev–Trinajstić information content (AvgIpc) is 1.64. The van der Waals surface area contributed by atoms with E-state index in [1.165, 1.54) is 105 Å². The first-order valence-corrected chi connectivity index (χ1v) is 33.3. The lowest BCUT2D eigenvalue weighted by Crippen LogP contribution is -1.81. The van der Waals surface area contributed by atoms with Crippen LogP contribution in [0.1, 0.15) is 22.3 Å². The van der Waals surface area contributed by atoms with E-state index in [0.717, 1.165) is 24.0 Å². The number of hydrogen-bond acceptors (Lipinski definition) is 8. The van der Waals surface area contributed by atoms with E-state index in [4.69, 9.17) is 4.42 Å². The number of aromatic amines is 2. The molecule has 19 aromatic rings. The monoisotopic (exact) mass is 1310 g/mol. The van der Waals surface area contributed by atoms with E-state index in [1.54, 1.807) is 68.0 Å². The Kier molecular flexibility index (Phi) is 26.5. The molecule has 7 heterocycles. The number of rotatable bonds is 0. The van der Waals surface area contributed by atoms with Crippen molar-refractivity contribution in [1.82, 2.24) is 45.1 Å². The van der Waals surface area contributed by atoms with Crippen molar-refractivity contribution in [3.8, 4) is 22.3 Å². The number of nitrogens with one attached hydrogen (secondary N) is 2. The van der Waals surface area contributed by atoms with E-state index in [2.05, 4.69) is 263 Å². The Morgan fingerprint density at radius 1 is 0.238 bits per heavy atom. The molecule has 10 nitrogen and oxygen atoms in total. The molecule has 0 spiro atoms. The van der Waals surface area contributed by atoms with Crippen LogP contribution in [0.2, 0.25) is 0 Å². The van der Waals surface area contributed by atoms with Gasteiger partial charge in [0.15, 0.2) is 0 Å². The molecule has 10 heteroatoms. The molecule has 0 bridgehead atoms. The fraction of sp³-hybridized carbons (Fsp3) is 0.0220. The molecule has 21 rings (SSSR count). The Morgan fingerprint density at radius 3 is 1.01 bits per heavy atom. The maximum Gasteiger partial charge on any atom is 0.135 e. The van der Waals surface area contributed by atoms with E-state index in [1.807, 2.05) is 128 Å². The van der Waals surface area contributed by atoms with Gasteiger partial charge in [0.2, 0.25) is 0 Å². The molecular formula is C91H75N9O. The summed E-state index contributed by atoms with van der Waals surface area (Å²) >= 11 is 0. The first-order chi connectivity index (χ1) is 50.2. The first-order valence-electron chi connectivity index (χ1n) is 33.3. The van der Waals surface area contributed by atoms with Gasteiger partial charge >= 0.3 is 0 Å². The minimum atomic E-state index is 0.962. The third kappa shape index (κ3) is 20.7. The summed E-state index contributed by atoms with van der Waals surface area (Å²) < 4.78 is 5.65. The van der Waals surface area contributed by atoms with Crippen LogP contribution in [-0.2, 0) is 12.8 Å². The molecule has 2 N–H and O–H groups in total. The third-order valence-corrected chi connectivity index (χ3v) is 15.9. The second-order valence-corrected chi connectivity index (χ2v) is 22.6. The molecule has 0 unspecified atom stereocenters. The van der Waals surface area contributed by atoms with Gasteiger partial charge in [-0.15, -0.1) is 0 Å². The van der Waals surface area contributed by atoms with E-state index in [0.29, 0.717) is 0 Å². The molecule has 0 amide bonds. The number of hydrogen-bond donors (Lipinski definition) is 2. The van der Waals surface area contributed by atoms with Gasteiger partial charge in [0.1, 0.15) is 17.5 Å². The first kappa shape index (κ1) is 68.8. The summed E-state index contributed by atoms with van der Waals surface area (Å²) in [6, 6.07) is 116. The lowest BCUT2D eigenvalue weighted by atomic mass is 9.98. The highest BCUT2D eigenvalue weighted by Gasteiger charge is 2.20. The molecule has 0 atom stereocenters. The Labute approximate surface area is 589 Å². The van der Waals surface area contributed by atoms with E-state index >= 15 is 0 Å². The highest BCUT2D eigenvalue weighted by atomic mass is 16.3. The lowest BCUT2D eigenvalue weighted by molar-refractivity contribution is 0.669. The van der Waals surface area contributed by atoms with Crippen molar-refractivity contribution in [2.24, 2.45) is 0 Å². The summed E-state index contributed by atoms with van der Waals surface area (Å²) in [6.45, 7) is 0. The smallest absolute Gasteiger partial charge is 0.135 e. The average molecular weight is 1310 g/mol. The molecule has 0 fully saturated rings. The molecule has 12 aromatic carbocycles. The molecule has 7 aromatic heterocycles. The zero-order chi connectivity index (χ0) is 68.8. The number of pyridine rings is 1. The highest BCUT2D eigenvalue weighted by molar-refractivity contribution is 6.07. The summed E-state index contributed by atoms with van der Waals surface area (Å²) in [4.78, 5) is 24.8. The second-order valence-electron chi connectivity index (χ2n) is 22.6. The predicted molar refractivity (Wildman–Crippen MR) is 418 cm³/mol. The molecule has 0 saturated heterocycles. The van der Waals surface area contributed by atoms with Gasteiger partial charge in [-0.2, -0.15) is 10.2 Å². The van der Waals surface area contributed by atoms with E-state index < -0.39 is 0 Å². The quantitative estimate of drug-likeness (QED) is 0.153. The molecule has 0 radical (unpaired) electrons. The summed E-state index contributed by atoms with van der Waals surface area (Å²) in [5, 5.41) is 17.4. The molecule has 0 saturated carbocycles. The number of benzene rings is 12. The summed E-state index contributed by atoms with van der Waals surface area (Å²) in [5.41, 5.74) is 15.9. The number of H-pyrrole nitrogens is 2. The van der Waals surface area contributed by atoms with Crippen LogP contribution >= 0.6 is 0 Å². The Bertz CT molecular complexity index is 4800. The van der Waals surface area contributed by atoms with Gasteiger partial charge in [0.05, 0.1) is 0 Å². The molecule has 0 aliphatic heterocycles. The summed E-state index contributed by atoms with van der Waals surface area (Å²) in [7, 11) is 0. The SMILES string of the molecule is c1cc[nH]c1.c1ccc2c(c1)Cc1ccc3ccccc3c1-2.c1ccc2c(c1)Cc1ccccc1-2.c1ccc2c(c1)[nH]c1ccccc12.c1ccc2c(c1)oc1ccccc12.c1ccc2ccccc2c1.c1ccccc1.c1ccncc1.c1ccnnc1.c1cnccn1.c1cncnc1. The van der Waals surface area contributed by atoms with Gasteiger partial charge in [-0.3, -0.25) is 15.0 Å². The topological polar surface area (TPSA) is 135 Å². The minimum Gasteiger partial charge on any atom is -0.456 e. The molecule has 101 heavy (non-hydrogen) atoms. The second kappa shape index (κ2) is 38.8. The van der Waals surface area contributed by atoms with Crippen molar-refractivity contribution in [1.29, 1.82) is 0 Å². The molecule has 490 valence electrons. The maximum atomic E-state index is 5.65. The maximum absolute atomic E-state index is 5.65. The fourth-order valence-electron chi connectivity index (χ4n) is 11.3. The fourth-order valence-corrected chi connectivity index (χ4v) is 11.3. The number of aromatic nitrogens is 9. The van der Waals surface area contributed by atoms with Crippen LogP contribution in [0.4, 0.5) is 0 Å². The van der Waals surface area contributed by atoms with Gasteiger partial charge in [-0.05, 0) is 146 Å². The predicted octanol–water partition coefficient (Wildman–Crippen LogP) is 22.6. The zero-order valence-electron chi connectivity index (χ0n) is 55.8. The van der Waals surface area contributed by atoms with Gasteiger partial charge in [-0.1, -0.05) is 273 Å². The Hall–Kier alpha value is -13.6. The van der Waals surface area contributed by atoms with Crippen LogP contribution in [0, 0.1) is 0 Å². The Morgan fingerprint density at radius 2 is 0.604 bits per heavy atom. The van der Waals surface area contributed by atoms with E-state index in [9.17, 15) is 0 Å². The van der Waals surface area contributed by atoms with Gasteiger partial charge < -0.3 is 14.4 Å². The number of para-hydroxylation sites is 4. The zero-order valence-corrected chi connectivity index (χ0v) is 55.8. The van der Waals surface area contributed by atoms with Crippen molar-refractivity contribution in [3.05, 3.63) is 443 Å². The Balaban J connectivity index is 0.000000115. The normalized spacial score (nSPS) is 10.3. The largest absolute Gasteiger partial charge is 0.456 e. The van der Waals surface area contributed by atoms with Crippen LogP contribution in [0.25, 0.3) is 87.5 Å². The standard InChI is InChI=1S/C17H12.C13H10.C12H9N.C12H8O.C10H8.C6H6.C5H5N.3C4H4N2.C4H5N/c1-3-7-15-12(5-1)9-10-14-11-13-6-2-4-8-16(13)17(14)15;1-3-7-12-10(5-1)9-11-6-2-4-8-13(11)12;2*1-3-7-11-9(5-1)10-6-2-4-8-12(10)13-11;1-2-6-10-8-4-3-7-9(10)5-1;2*1-2-4-6-5-3-1;1-2-6-4-3-5-1;1-2-5-4-6-3-1;1-2-4-6-5-3-1;1-2-4-5-3-1/h1-10H,11H2;1-8H,9H2;1-8,13H;1-8H;1-8H;1-6H;1-5H;3*1-4H;1-5H. The van der Waals surface area contributed by atoms with Crippen molar-refractivity contribution in [3.63, 3.8) is 0 Å². The van der Waals surface area contributed by atoms with Crippen LogP contribution in [-0.4, -0.2) is 45.1 Å². The van der Waals surface area contributed by atoms with Crippen LogP contribution in [0.15, 0.2) is 425 Å². The van der Waals surface area contributed by atoms with Crippen molar-refractivity contribution >= 4 is 65.3 Å². The van der Waals surface area contributed by atoms with Crippen molar-refractivity contribution < 1.29 is 4.42 Å². The van der Waals surface area contributed by atoms with Crippen molar-refractivity contribution in [2.75, 3.05) is 0 Å². The highest BCUT2D eigenvalue weighted by Crippen LogP contribution is 2.41. The molecule has 2 aliphatic carbocycles.